The first-order valence-electron chi connectivity index (χ1n) is 6.46. The van der Waals surface area contributed by atoms with Gasteiger partial charge in [0.15, 0.2) is 5.78 Å². The van der Waals surface area contributed by atoms with Crippen molar-refractivity contribution in [3.05, 3.63) is 46.4 Å². The summed E-state index contributed by atoms with van der Waals surface area (Å²) < 4.78 is 3.15. The first-order chi connectivity index (χ1) is 9.08. The summed E-state index contributed by atoms with van der Waals surface area (Å²) in [5, 5.41) is 0. The van der Waals surface area contributed by atoms with E-state index in [1.165, 1.54) is 12.8 Å². The third-order valence-electron chi connectivity index (χ3n) is 3.70. The molecule has 1 saturated carbocycles. The monoisotopic (exact) mass is 256 g/mol. The fraction of sp³-hybridized carbons (Fsp3) is 0.333. The van der Waals surface area contributed by atoms with Gasteiger partial charge in [-0.25, -0.2) is 4.79 Å². The van der Waals surface area contributed by atoms with Crippen LogP contribution in [0.15, 0.2) is 35.1 Å². The number of aromatic nitrogens is 2. The third kappa shape index (κ3) is 2.03. The van der Waals surface area contributed by atoms with Crippen molar-refractivity contribution in [1.82, 2.24) is 9.13 Å². The number of fused-ring (bicyclic) bond motifs is 1. The molecule has 1 aliphatic carbocycles. The van der Waals surface area contributed by atoms with E-state index in [0.717, 1.165) is 11.0 Å². The SMILES string of the molecule is Cn1c(=O)n(C)c2cc(C(=O)/C=C/C3CC3)ccc21. The van der Waals surface area contributed by atoms with Crippen molar-refractivity contribution in [3.63, 3.8) is 0 Å². The number of rotatable bonds is 3. The van der Waals surface area contributed by atoms with E-state index in [1.54, 1.807) is 41.4 Å². The molecule has 3 rings (SSSR count). The van der Waals surface area contributed by atoms with Gasteiger partial charge in [0.1, 0.15) is 0 Å². The topological polar surface area (TPSA) is 44.0 Å². The Balaban J connectivity index is 2.03. The Bertz CT molecular complexity index is 745. The van der Waals surface area contributed by atoms with E-state index in [4.69, 9.17) is 0 Å². The van der Waals surface area contributed by atoms with Crippen LogP contribution in [-0.2, 0) is 14.1 Å². The van der Waals surface area contributed by atoms with Crippen LogP contribution in [0.5, 0.6) is 0 Å². The number of imidazole rings is 1. The van der Waals surface area contributed by atoms with E-state index >= 15 is 0 Å². The maximum absolute atomic E-state index is 12.0. The highest BCUT2D eigenvalue weighted by Crippen LogP contribution is 2.30. The molecule has 1 aliphatic rings. The molecule has 0 amide bonds. The maximum atomic E-state index is 12.0. The lowest BCUT2D eigenvalue weighted by Gasteiger charge is -1.99. The Hall–Kier alpha value is -2.10. The van der Waals surface area contributed by atoms with Gasteiger partial charge in [0.25, 0.3) is 0 Å². The summed E-state index contributed by atoms with van der Waals surface area (Å²) in [5.41, 5.74) is 2.19. The predicted octanol–water partition coefficient (Wildman–Crippen LogP) is 2.03. The second-order valence-corrected chi connectivity index (χ2v) is 5.16. The van der Waals surface area contributed by atoms with Gasteiger partial charge in [-0.3, -0.25) is 13.9 Å². The lowest BCUT2D eigenvalue weighted by Crippen LogP contribution is -2.19. The standard InChI is InChI=1S/C15H16N2O2/c1-16-12-7-6-11(9-13(12)17(2)15(16)19)14(18)8-5-10-3-4-10/h5-10H,3-4H2,1-2H3/b8-5+. The number of carbonyl (C=O) groups is 1. The second-order valence-electron chi connectivity index (χ2n) is 5.16. The molecule has 2 aromatic rings. The van der Waals surface area contributed by atoms with E-state index < -0.39 is 0 Å². The summed E-state index contributed by atoms with van der Waals surface area (Å²) in [6.07, 6.45) is 6.02. The van der Waals surface area contributed by atoms with Crippen LogP contribution in [0.4, 0.5) is 0 Å². The summed E-state index contributed by atoms with van der Waals surface area (Å²) in [6.45, 7) is 0. The molecule has 1 fully saturated rings. The summed E-state index contributed by atoms with van der Waals surface area (Å²) in [6, 6.07) is 5.40. The molecule has 4 nitrogen and oxygen atoms in total. The third-order valence-corrected chi connectivity index (χ3v) is 3.70. The van der Waals surface area contributed by atoms with Gasteiger partial charge in [-0.15, -0.1) is 0 Å². The zero-order valence-corrected chi connectivity index (χ0v) is 11.1. The number of benzene rings is 1. The Morgan fingerprint density at radius 1 is 1.21 bits per heavy atom. The molecular formula is C15H16N2O2. The smallest absolute Gasteiger partial charge is 0.295 e. The first kappa shape index (κ1) is 12.0. The molecule has 1 aromatic carbocycles. The van der Waals surface area contributed by atoms with Gasteiger partial charge in [0.2, 0.25) is 0 Å². The molecule has 0 saturated heterocycles. The molecule has 0 radical (unpaired) electrons. The van der Waals surface area contributed by atoms with E-state index in [1.807, 2.05) is 12.1 Å². The molecule has 0 N–H and O–H groups in total. The number of carbonyl (C=O) groups excluding carboxylic acids is 1. The van der Waals surface area contributed by atoms with Crippen molar-refractivity contribution in [1.29, 1.82) is 0 Å². The molecule has 1 heterocycles. The molecular weight excluding hydrogens is 240 g/mol. The summed E-state index contributed by atoms with van der Waals surface area (Å²) in [5.74, 6) is 0.596. The lowest BCUT2D eigenvalue weighted by molar-refractivity contribution is 0.104. The van der Waals surface area contributed by atoms with Gasteiger partial charge in [-0.2, -0.15) is 0 Å². The van der Waals surface area contributed by atoms with Gasteiger partial charge in [0.05, 0.1) is 11.0 Å². The highest BCUT2D eigenvalue weighted by Gasteiger charge is 2.18. The number of allylic oxidation sites excluding steroid dienone is 2. The average molecular weight is 256 g/mol. The number of nitrogens with zero attached hydrogens (tertiary/aromatic N) is 2. The summed E-state index contributed by atoms with van der Waals surface area (Å²) in [7, 11) is 3.46. The normalized spacial score (nSPS) is 15.5. The van der Waals surface area contributed by atoms with Crippen molar-refractivity contribution < 1.29 is 4.79 Å². The first-order valence-corrected chi connectivity index (χ1v) is 6.46. The predicted molar refractivity (Wildman–Crippen MR) is 74.4 cm³/mol. The Morgan fingerprint density at radius 3 is 2.58 bits per heavy atom. The van der Waals surface area contributed by atoms with Crippen LogP contribution in [0, 0.1) is 5.92 Å². The van der Waals surface area contributed by atoms with Crippen molar-refractivity contribution in [2.45, 2.75) is 12.8 Å². The highest BCUT2D eigenvalue weighted by atomic mass is 16.1. The van der Waals surface area contributed by atoms with Crippen molar-refractivity contribution in [3.8, 4) is 0 Å². The quantitative estimate of drug-likeness (QED) is 0.623. The molecule has 1 aromatic heterocycles. The molecule has 98 valence electrons. The van der Waals surface area contributed by atoms with Crippen molar-refractivity contribution in [2.24, 2.45) is 20.0 Å². The highest BCUT2D eigenvalue weighted by molar-refractivity contribution is 6.06. The molecule has 0 unspecified atom stereocenters. The van der Waals surface area contributed by atoms with Gasteiger partial charge in [-0.05, 0) is 43.0 Å². The molecule has 0 aliphatic heterocycles. The van der Waals surface area contributed by atoms with E-state index in [-0.39, 0.29) is 11.5 Å². The van der Waals surface area contributed by atoms with Crippen LogP contribution < -0.4 is 5.69 Å². The van der Waals surface area contributed by atoms with Crippen LogP contribution in [-0.4, -0.2) is 14.9 Å². The largest absolute Gasteiger partial charge is 0.328 e. The van der Waals surface area contributed by atoms with Crippen LogP contribution >= 0.6 is 0 Å². The van der Waals surface area contributed by atoms with Gasteiger partial charge < -0.3 is 0 Å². The minimum Gasteiger partial charge on any atom is -0.295 e. The molecule has 0 bridgehead atoms. The number of hydrogen-bond acceptors (Lipinski definition) is 2. The minimum absolute atomic E-state index is 0.00472. The van der Waals surface area contributed by atoms with E-state index in [9.17, 15) is 9.59 Å². The van der Waals surface area contributed by atoms with Crippen LogP contribution in [0.25, 0.3) is 11.0 Å². The van der Waals surface area contributed by atoms with E-state index in [0.29, 0.717) is 11.5 Å². The van der Waals surface area contributed by atoms with Crippen LogP contribution in [0.2, 0.25) is 0 Å². The van der Waals surface area contributed by atoms with Gasteiger partial charge in [0, 0.05) is 19.7 Å². The minimum atomic E-state index is -0.0758. The maximum Gasteiger partial charge on any atom is 0.328 e. The van der Waals surface area contributed by atoms with E-state index in [2.05, 4.69) is 0 Å². The fourth-order valence-corrected chi connectivity index (χ4v) is 2.27. The molecule has 0 atom stereocenters. The Labute approximate surface area is 111 Å². The van der Waals surface area contributed by atoms with Crippen molar-refractivity contribution >= 4 is 16.8 Å². The number of ketones is 1. The zero-order valence-electron chi connectivity index (χ0n) is 11.1. The molecule has 4 heteroatoms. The Kier molecular flexibility index (Phi) is 2.66. The summed E-state index contributed by atoms with van der Waals surface area (Å²) >= 11 is 0. The zero-order chi connectivity index (χ0) is 13.6. The Morgan fingerprint density at radius 2 is 1.89 bits per heavy atom. The van der Waals surface area contributed by atoms with Crippen LogP contribution in [0.3, 0.4) is 0 Å². The van der Waals surface area contributed by atoms with Crippen LogP contribution in [0.1, 0.15) is 23.2 Å². The lowest BCUT2D eigenvalue weighted by atomic mass is 10.1. The number of aryl methyl sites for hydroxylation is 2. The second kappa shape index (κ2) is 4.23. The number of hydrogen-bond donors (Lipinski definition) is 0. The molecule has 19 heavy (non-hydrogen) atoms. The molecule has 0 spiro atoms. The fourth-order valence-electron chi connectivity index (χ4n) is 2.27. The summed E-state index contributed by atoms with van der Waals surface area (Å²) in [4.78, 5) is 23.9. The van der Waals surface area contributed by atoms with Gasteiger partial charge >= 0.3 is 5.69 Å². The van der Waals surface area contributed by atoms with Gasteiger partial charge in [-0.1, -0.05) is 6.08 Å². The average Bonchev–Trinajstić information content (AvgIpc) is 3.22. The van der Waals surface area contributed by atoms with Crippen molar-refractivity contribution in [2.75, 3.05) is 0 Å².